The van der Waals surface area contributed by atoms with Crippen molar-refractivity contribution >= 4 is 40.2 Å². The predicted octanol–water partition coefficient (Wildman–Crippen LogP) is 6.07. The molecule has 0 aliphatic rings. The Hall–Kier alpha value is -3.66. The van der Waals surface area contributed by atoms with Gasteiger partial charge in [0.05, 0.1) is 16.1 Å². The number of nitriles is 2. The van der Waals surface area contributed by atoms with Crippen LogP contribution in [0, 0.1) is 22.7 Å². The van der Waals surface area contributed by atoms with Crippen molar-refractivity contribution in [3.8, 4) is 22.7 Å². The van der Waals surface area contributed by atoms with Gasteiger partial charge in [0, 0.05) is 5.02 Å². The zero-order valence-corrected chi connectivity index (χ0v) is 16.9. The van der Waals surface area contributed by atoms with Gasteiger partial charge < -0.3 is 0 Å². The molecule has 152 valence electrons. The van der Waals surface area contributed by atoms with Crippen molar-refractivity contribution in [1.82, 2.24) is 14.6 Å². The van der Waals surface area contributed by atoms with E-state index < -0.39 is 11.9 Å². The van der Waals surface area contributed by atoms with Crippen LogP contribution in [-0.4, -0.2) is 14.6 Å². The largest absolute Gasteiger partial charge is 0.433 e. The van der Waals surface area contributed by atoms with Crippen LogP contribution in [0.5, 0.6) is 0 Å². The van der Waals surface area contributed by atoms with Crippen LogP contribution in [0.4, 0.5) is 13.2 Å². The minimum absolute atomic E-state index is 0.00932. The highest BCUT2D eigenvalue weighted by molar-refractivity contribution is 7.13. The molecule has 5 nitrogen and oxygen atoms in total. The Morgan fingerprint density at radius 1 is 1.16 bits per heavy atom. The first-order valence-electron chi connectivity index (χ1n) is 8.64. The lowest BCUT2D eigenvalue weighted by Gasteiger charge is -2.09. The molecule has 0 saturated carbocycles. The third-order valence-electron chi connectivity index (χ3n) is 4.32. The molecule has 4 rings (SSSR count). The molecule has 31 heavy (non-hydrogen) atoms. The quantitative estimate of drug-likeness (QED) is 0.351. The lowest BCUT2D eigenvalue weighted by Crippen LogP contribution is -2.10. The van der Waals surface area contributed by atoms with E-state index in [1.165, 1.54) is 21.9 Å². The summed E-state index contributed by atoms with van der Waals surface area (Å²) in [6.45, 7) is 0. The molecule has 0 amide bonds. The van der Waals surface area contributed by atoms with Gasteiger partial charge in [0.15, 0.2) is 5.65 Å². The zero-order chi connectivity index (χ0) is 22.2. The number of hydrogen-bond donors (Lipinski definition) is 0. The molecule has 0 fully saturated rings. The molecule has 0 spiro atoms. The maximum absolute atomic E-state index is 13.5. The van der Waals surface area contributed by atoms with Gasteiger partial charge in [-0.05, 0) is 41.3 Å². The van der Waals surface area contributed by atoms with Gasteiger partial charge in [0.25, 0.3) is 0 Å². The normalized spacial score (nSPS) is 12.0. The summed E-state index contributed by atoms with van der Waals surface area (Å²) in [6.07, 6.45) is -3.24. The van der Waals surface area contributed by atoms with Crippen molar-refractivity contribution in [2.24, 2.45) is 0 Å². The number of hydrogen-bond acceptors (Lipinski definition) is 5. The molecule has 0 bridgehead atoms. The molecule has 0 aliphatic heterocycles. The van der Waals surface area contributed by atoms with E-state index in [1.807, 2.05) is 12.1 Å². The van der Waals surface area contributed by atoms with Crippen LogP contribution >= 0.6 is 22.9 Å². The number of thiophene rings is 1. The van der Waals surface area contributed by atoms with Crippen LogP contribution in [-0.2, 0) is 6.18 Å². The predicted molar refractivity (Wildman–Crippen MR) is 111 cm³/mol. The highest BCUT2D eigenvalue weighted by Gasteiger charge is 2.35. The molecule has 3 aromatic heterocycles. The minimum atomic E-state index is -4.72. The molecule has 1 aromatic carbocycles. The fraction of sp³-hybridized carbons (Fsp3) is 0.0476. The summed E-state index contributed by atoms with van der Waals surface area (Å²) < 4.78 is 41.6. The Balaban J connectivity index is 2.01. The molecule has 0 N–H and O–H groups in total. The van der Waals surface area contributed by atoms with Crippen molar-refractivity contribution in [3.05, 3.63) is 75.4 Å². The van der Waals surface area contributed by atoms with Crippen LogP contribution in [0.3, 0.4) is 0 Å². The molecular formula is C21H9ClF3N5S. The number of halogens is 4. The smallest absolute Gasteiger partial charge is 0.223 e. The summed E-state index contributed by atoms with van der Waals surface area (Å²) in [6, 6.07) is 14.6. The van der Waals surface area contributed by atoms with Crippen molar-refractivity contribution in [1.29, 1.82) is 10.5 Å². The summed E-state index contributed by atoms with van der Waals surface area (Å²) >= 11 is 7.09. The van der Waals surface area contributed by atoms with Crippen LogP contribution in [0.25, 0.3) is 27.9 Å². The summed E-state index contributed by atoms with van der Waals surface area (Å²) in [5.74, 6) is 0. The van der Waals surface area contributed by atoms with E-state index >= 15 is 0 Å². The first kappa shape index (κ1) is 20.6. The molecule has 3 heterocycles. The van der Waals surface area contributed by atoms with Gasteiger partial charge in [-0.2, -0.15) is 28.8 Å². The van der Waals surface area contributed by atoms with Crippen molar-refractivity contribution in [2.45, 2.75) is 6.18 Å². The molecule has 0 saturated heterocycles. The zero-order valence-electron chi connectivity index (χ0n) is 15.4. The Morgan fingerprint density at radius 2 is 1.90 bits per heavy atom. The van der Waals surface area contributed by atoms with E-state index in [4.69, 9.17) is 11.6 Å². The van der Waals surface area contributed by atoms with Gasteiger partial charge in [-0.15, -0.1) is 11.3 Å². The lowest BCUT2D eigenvalue weighted by atomic mass is 10.1. The van der Waals surface area contributed by atoms with E-state index in [1.54, 1.807) is 41.8 Å². The maximum Gasteiger partial charge on any atom is 0.433 e. The molecular weight excluding hydrogens is 447 g/mol. The van der Waals surface area contributed by atoms with Crippen LogP contribution in [0.2, 0.25) is 5.02 Å². The molecule has 10 heteroatoms. The number of allylic oxidation sites excluding steroid dienone is 1. The number of rotatable bonds is 3. The molecule has 0 aliphatic carbocycles. The second-order valence-corrected chi connectivity index (χ2v) is 7.68. The number of fused-ring (bicyclic) bond motifs is 1. The van der Waals surface area contributed by atoms with Crippen LogP contribution in [0.15, 0.2) is 47.8 Å². The van der Waals surface area contributed by atoms with Crippen molar-refractivity contribution in [2.75, 3.05) is 0 Å². The second-order valence-electron chi connectivity index (χ2n) is 6.29. The first-order chi connectivity index (χ1) is 14.8. The van der Waals surface area contributed by atoms with Gasteiger partial charge in [-0.25, -0.2) is 9.50 Å². The minimum Gasteiger partial charge on any atom is -0.223 e. The molecule has 0 unspecified atom stereocenters. The fourth-order valence-corrected chi connectivity index (χ4v) is 3.79. The van der Waals surface area contributed by atoms with Crippen LogP contribution < -0.4 is 0 Å². The number of nitrogens with zero attached hydrogens (tertiary/aromatic N) is 5. The lowest BCUT2D eigenvalue weighted by molar-refractivity contribution is -0.141. The fourth-order valence-electron chi connectivity index (χ4n) is 2.93. The van der Waals surface area contributed by atoms with Gasteiger partial charge in [0.1, 0.15) is 29.1 Å². The summed E-state index contributed by atoms with van der Waals surface area (Å²) in [7, 11) is 0. The van der Waals surface area contributed by atoms with Gasteiger partial charge >= 0.3 is 6.18 Å². The third kappa shape index (κ3) is 3.89. The van der Waals surface area contributed by atoms with Crippen LogP contribution in [0.1, 0.15) is 22.5 Å². The highest BCUT2D eigenvalue weighted by atomic mass is 35.5. The number of benzene rings is 1. The number of aromatic nitrogens is 3. The summed E-state index contributed by atoms with van der Waals surface area (Å²) in [5.41, 5.74) is -0.937. The van der Waals surface area contributed by atoms with Gasteiger partial charge in [0.2, 0.25) is 0 Å². The van der Waals surface area contributed by atoms with E-state index in [0.29, 0.717) is 15.5 Å². The highest BCUT2D eigenvalue weighted by Crippen LogP contribution is 2.35. The summed E-state index contributed by atoms with van der Waals surface area (Å²) in [5, 5.41) is 25.9. The Bertz CT molecular complexity index is 1390. The Kier molecular flexibility index (Phi) is 5.24. The van der Waals surface area contributed by atoms with E-state index in [9.17, 15) is 23.7 Å². The van der Waals surface area contributed by atoms with E-state index in [-0.39, 0.29) is 28.2 Å². The first-order valence-corrected chi connectivity index (χ1v) is 9.90. The molecule has 0 atom stereocenters. The Morgan fingerprint density at radius 3 is 2.48 bits per heavy atom. The van der Waals surface area contributed by atoms with E-state index in [2.05, 4.69) is 10.1 Å². The summed E-state index contributed by atoms with van der Waals surface area (Å²) in [4.78, 5) is 4.16. The monoisotopic (exact) mass is 455 g/mol. The maximum atomic E-state index is 13.5. The molecule has 4 aromatic rings. The second kappa shape index (κ2) is 7.88. The van der Waals surface area contributed by atoms with E-state index in [0.717, 1.165) is 6.07 Å². The van der Waals surface area contributed by atoms with Crippen molar-refractivity contribution < 1.29 is 13.2 Å². The number of alkyl halides is 3. The SMILES string of the molecule is N#C/C(=C/c1ccc(Cl)cc1)c1nn2c(-c3cccs3)cc(C(F)(F)F)nc2c1C#N. The van der Waals surface area contributed by atoms with Crippen molar-refractivity contribution in [3.63, 3.8) is 0 Å². The standard InChI is InChI=1S/C21H9ClF3N5S/c22-14-5-3-12(4-6-14)8-13(10-26)19-15(11-27)20-28-18(21(23,24)25)9-16(30(20)29-19)17-2-1-7-31-17/h1-9H/b13-8-. The average molecular weight is 456 g/mol. The Labute approximate surface area is 182 Å². The topological polar surface area (TPSA) is 77.8 Å². The van der Waals surface area contributed by atoms with Gasteiger partial charge in [-0.1, -0.05) is 29.8 Å². The van der Waals surface area contributed by atoms with Gasteiger partial charge in [-0.3, -0.25) is 0 Å². The molecule has 0 radical (unpaired) electrons. The third-order valence-corrected chi connectivity index (χ3v) is 5.47. The average Bonchev–Trinajstić information content (AvgIpc) is 3.39.